The number of guanidine groups is 1. The maximum atomic E-state index is 4.00. The molecule has 0 radical (unpaired) electrons. The molecular formula is C9H24N5PS2. The molecule has 0 aliphatic heterocycles. The van der Waals surface area contributed by atoms with Crippen LogP contribution in [0.3, 0.4) is 0 Å². The first-order valence-corrected chi connectivity index (χ1v) is 9.25. The molecule has 3 N–H and O–H groups in total. The smallest absolute Gasteiger partial charge is 0.205 e. The molecule has 0 aromatic heterocycles. The van der Waals surface area contributed by atoms with Crippen molar-refractivity contribution in [2.45, 2.75) is 6.92 Å². The summed E-state index contributed by atoms with van der Waals surface area (Å²) in [7, 11) is 10.3. The van der Waals surface area contributed by atoms with Crippen LogP contribution >= 0.6 is 30.3 Å². The van der Waals surface area contributed by atoms with Gasteiger partial charge in [0.05, 0.1) is 0 Å². The SMILES string of the molecule is CCN(C)CCSSCPNNC(=NC)NC. The van der Waals surface area contributed by atoms with Gasteiger partial charge in [-0.15, -0.1) is 0 Å². The van der Waals surface area contributed by atoms with Crippen LogP contribution in [0.2, 0.25) is 0 Å². The maximum Gasteiger partial charge on any atom is 0.205 e. The van der Waals surface area contributed by atoms with Crippen LogP contribution in [0.15, 0.2) is 4.99 Å². The Kier molecular flexibility index (Phi) is 13.0. The molecule has 1 atom stereocenters. The first-order valence-electron chi connectivity index (χ1n) is 5.56. The third kappa shape index (κ3) is 11.2. The Morgan fingerprint density at radius 2 is 2.18 bits per heavy atom. The van der Waals surface area contributed by atoms with Crippen LogP contribution in [0.25, 0.3) is 0 Å². The van der Waals surface area contributed by atoms with Crippen molar-refractivity contribution in [2.75, 3.05) is 45.5 Å². The predicted octanol–water partition coefficient (Wildman–Crippen LogP) is 1.17. The normalized spacial score (nSPS) is 12.6. The lowest BCUT2D eigenvalue weighted by Crippen LogP contribution is -2.40. The van der Waals surface area contributed by atoms with Gasteiger partial charge in [0.1, 0.15) is 0 Å². The third-order valence-electron chi connectivity index (χ3n) is 2.04. The highest BCUT2D eigenvalue weighted by molar-refractivity contribution is 8.77. The molecule has 1 unspecified atom stereocenters. The second kappa shape index (κ2) is 12.8. The van der Waals surface area contributed by atoms with Gasteiger partial charge >= 0.3 is 0 Å². The number of rotatable bonds is 9. The molecule has 0 saturated carbocycles. The molecule has 102 valence electrons. The van der Waals surface area contributed by atoms with Crippen molar-refractivity contribution >= 4 is 36.3 Å². The molecule has 0 aromatic carbocycles. The Morgan fingerprint density at radius 1 is 1.41 bits per heavy atom. The Morgan fingerprint density at radius 3 is 2.76 bits per heavy atom. The van der Waals surface area contributed by atoms with Crippen LogP contribution < -0.4 is 15.9 Å². The molecule has 0 amide bonds. The topological polar surface area (TPSA) is 51.7 Å². The third-order valence-corrected chi connectivity index (χ3v) is 5.97. The molecule has 0 rings (SSSR count). The van der Waals surface area contributed by atoms with E-state index in [1.807, 2.05) is 28.6 Å². The van der Waals surface area contributed by atoms with Crippen LogP contribution in [-0.4, -0.2) is 56.3 Å². The van der Waals surface area contributed by atoms with Crippen molar-refractivity contribution in [3.63, 3.8) is 0 Å². The largest absolute Gasteiger partial charge is 0.358 e. The molecule has 0 heterocycles. The summed E-state index contributed by atoms with van der Waals surface area (Å²) in [6.45, 7) is 4.47. The summed E-state index contributed by atoms with van der Waals surface area (Å²) in [5.41, 5.74) is 4.11. The fourth-order valence-electron chi connectivity index (χ4n) is 0.851. The van der Waals surface area contributed by atoms with Gasteiger partial charge in [-0.3, -0.25) is 10.4 Å². The van der Waals surface area contributed by atoms with Gasteiger partial charge in [0, 0.05) is 31.9 Å². The van der Waals surface area contributed by atoms with Gasteiger partial charge in [-0.25, -0.2) is 5.20 Å². The van der Waals surface area contributed by atoms with E-state index < -0.39 is 0 Å². The molecule has 0 bridgehead atoms. The molecule has 17 heavy (non-hydrogen) atoms. The van der Waals surface area contributed by atoms with E-state index in [1.54, 1.807) is 7.05 Å². The zero-order chi connectivity index (χ0) is 12.9. The molecule has 0 saturated heterocycles. The fraction of sp³-hybridized carbons (Fsp3) is 0.889. The summed E-state index contributed by atoms with van der Waals surface area (Å²) in [5.74, 6) is 1.95. The highest BCUT2D eigenvalue weighted by Crippen LogP contribution is 2.26. The van der Waals surface area contributed by atoms with Gasteiger partial charge < -0.3 is 10.2 Å². The second-order valence-electron chi connectivity index (χ2n) is 3.23. The van der Waals surface area contributed by atoms with Crippen LogP contribution in [0.5, 0.6) is 0 Å². The summed E-state index contributed by atoms with van der Waals surface area (Å²) < 4.78 is 0. The predicted molar refractivity (Wildman–Crippen MR) is 85.1 cm³/mol. The van der Waals surface area contributed by atoms with Crippen LogP contribution in [0.1, 0.15) is 6.92 Å². The molecule has 0 spiro atoms. The van der Waals surface area contributed by atoms with Crippen LogP contribution in [0, 0.1) is 0 Å². The first kappa shape index (κ1) is 17.3. The van der Waals surface area contributed by atoms with E-state index in [1.165, 1.54) is 5.75 Å². The lowest BCUT2D eigenvalue weighted by atomic mass is 10.6. The summed E-state index contributed by atoms with van der Waals surface area (Å²) in [6.07, 6.45) is 0. The van der Waals surface area contributed by atoms with E-state index in [9.17, 15) is 0 Å². The molecule has 0 aliphatic rings. The molecule has 0 aromatic rings. The van der Waals surface area contributed by atoms with Crippen molar-refractivity contribution in [3.05, 3.63) is 0 Å². The van der Waals surface area contributed by atoms with Crippen LogP contribution in [-0.2, 0) is 0 Å². The minimum atomic E-state index is 0.684. The molecule has 8 heteroatoms. The van der Waals surface area contributed by atoms with Crippen molar-refractivity contribution in [1.82, 2.24) is 20.8 Å². The monoisotopic (exact) mass is 297 g/mol. The first-order chi connectivity index (χ1) is 8.24. The zero-order valence-corrected chi connectivity index (χ0v) is 13.7. The van der Waals surface area contributed by atoms with Crippen molar-refractivity contribution in [1.29, 1.82) is 0 Å². The van der Waals surface area contributed by atoms with Crippen molar-refractivity contribution < 1.29 is 0 Å². The summed E-state index contributed by atoms with van der Waals surface area (Å²) in [5, 5.41) is 6.08. The van der Waals surface area contributed by atoms with E-state index in [0.29, 0.717) is 8.73 Å². The number of nitrogens with one attached hydrogen (secondary N) is 3. The van der Waals surface area contributed by atoms with E-state index in [2.05, 4.69) is 39.8 Å². The minimum Gasteiger partial charge on any atom is -0.358 e. The lowest BCUT2D eigenvalue weighted by molar-refractivity contribution is 0.377. The van der Waals surface area contributed by atoms with E-state index >= 15 is 0 Å². The van der Waals surface area contributed by atoms with Gasteiger partial charge in [0.2, 0.25) is 5.96 Å². The number of nitrogens with zero attached hydrogens (tertiary/aromatic N) is 2. The molecule has 0 aliphatic carbocycles. The molecule has 5 nitrogen and oxygen atoms in total. The Bertz CT molecular complexity index is 206. The van der Waals surface area contributed by atoms with Gasteiger partial charge in [0.25, 0.3) is 0 Å². The number of hydrazine groups is 1. The van der Waals surface area contributed by atoms with Gasteiger partial charge in [-0.1, -0.05) is 28.5 Å². The Labute approximate surface area is 115 Å². The van der Waals surface area contributed by atoms with Crippen LogP contribution in [0.4, 0.5) is 0 Å². The number of aliphatic imine (C=N–C) groups is 1. The lowest BCUT2D eigenvalue weighted by Gasteiger charge is -2.12. The van der Waals surface area contributed by atoms with Gasteiger partial charge in [-0.05, 0) is 22.3 Å². The molecular weight excluding hydrogens is 273 g/mol. The second-order valence-corrected chi connectivity index (χ2v) is 7.28. The number of hydrogen-bond donors (Lipinski definition) is 3. The fourth-order valence-corrected chi connectivity index (χ4v) is 4.28. The average molecular weight is 297 g/mol. The summed E-state index contributed by atoms with van der Waals surface area (Å²) >= 11 is 0. The molecule has 0 fully saturated rings. The quantitative estimate of drug-likeness (QED) is 0.148. The highest BCUT2D eigenvalue weighted by atomic mass is 33.1. The van der Waals surface area contributed by atoms with E-state index in [4.69, 9.17) is 0 Å². The average Bonchev–Trinajstić information content (AvgIpc) is 2.36. The van der Waals surface area contributed by atoms with Crippen molar-refractivity contribution in [3.8, 4) is 0 Å². The zero-order valence-electron chi connectivity index (χ0n) is 11.0. The minimum absolute atomic E-state index is 0.684. The maximum absolute atomic E-state index is 4.00. The standard InChI is InChI=1S/C9H24N5PS2/c1-5-14(4)6-7-16-17-8-15-13-12-9(10-2)11-3/h13,15H,5-8H2,1-4H3,(H2,10,11,12). The Balaban J connectivity index is 3.19. The van der Waals surface area contributed by atoms with Crippen molar-refractivity contribution in [2.24, 2.45) is 4.99 Å². The van der Waals surface area contributed by atoms with Gasteiger partial charge in [-0.2, -0.15) is 0 Å². The Hall–Kier alpha value is 0.320. The number of hydrogen-bond acceptors (Lipinski definition) is 5. The van der Waals surface area contributed by atoms with Gasteiger partial charge in [0.15, 0.2) is 0 Å². The van der Waals surface area contributed by atoms with E-state index in [-0.39, 0.29) is 0 Å². The summed E-state index contributed by atoms with van der Waals surface area (Å²) in [4.78, 5) is 6.33. The summed E-state index contributed by atoms with van der Waals surface area (Å²) in [6, 6.07) is 0. The van der Waals surface area contributed by atoms with E-state index in [0.717, 1.165) is 24.5 Å². The highest BCUT2D eigenvalue weighted by Gasteiger charge is 1.95.